The standard InChI is InChI=1S/C12H11FINO2/c1-16-11-4-2-8(6-10(11)13)15-7-9-3-5-12(14)17-9/h2-6,15H,7H2,1H3. The summed E-state index contributed by atoms with van der Waals surface area (Å²) in [7, 11) is 1.44. The van der Waals surface area contributed by atoms with Crippen LogP contribution in [0.5, 0.6) is 5.75 Å². The summed E-state index contributed by atoms with van der Waals surface area (Å²) in [4.78, 5) is 0. The number of hydrogen-bond acceptors (Lipinski definition) is 3. The molecule has 2 aromatic rings. The Kier molecular flexibility index (Phi) is 3.88. The quantitative estimate of drug-likeness (QED) is 0.858. The molecule has 0 fully saturated rings. The highest BCUT2D eigenvalue weighted by molar-refractivity contribution is 14.1. The van der Waals surface area contributed by atoms with E-state index >= 15 is 0 Å². The van der Waals surface area contributed by atoms with Gasteiger partial charge < -0.3 is 14.5 Å². The first-order valence-electron chi connectivity index (χ1n) is 5.00. The van der Waals surface area contributed by atoms with E-state index in [4.69, 9.17) is 9.15 Å². The molecular formula is C12H11FINO2. The van der Waals surface area contributed by atoms with Gasteiger partial charge in [-0.05, 0) is 46.9 Å². The molecule has 1 heterocycles. The Morgan fingerprint density at radius 3 is 2.76 bits per heavy atom. The van der Waals surface area contributed by atoms with Crippen LogP contribution in [-0.2, 0) is 6.54 Å². The fourth-order valence-electron chi connectivity index (χ4n) is 1.41. The fourth-order valence-corrected chi connectivity index (χ4v) is 1.87. The van der Waals surface area contributed by atoms with Crippen molar-refractivity contribution in [2.75, 3.05) is 12.4 Å². The summed E-state index contributed by atoms with van der Waals surface area (Å²) >= 11 is 2.10. The van der Waals surface area contributed by atoms with E-state index in [0.717, 1.165) is 9.53 Å². The zero-order valence-corrected chi connectivity index (χ0v) is 11.3. The van der Waals surface area contributed by atoms with Crippen molar-refractivity contribution in [3.05, 3.63) is 45.7 Å². The van der Waals surface area contributed by atoms with Gasteiger partial charge in [0.25, 0.3) is 0 Å². The van der Waals surface area contributed by atoms with Crippen LogP contribution in [0.25, 0.3) is 0 Å². The lowest BCUT2D eigenvalue weighted by atomic mass is 10.3. The van der Waals surface area contributed by atoms with Crippen molar-refractivity contribution in [3.63, 3.8) is 0 Å². The number of methoxy groups -OCH3 is 1. The van der Waals surface area contributed by atoms with Crippen LogP contribution >= 0.6 is 22.6 Å². The van der Waals surface area contributed by atoms with Gasteiger partial charge in [0.2, 0.25) is 0 Å². The highest BCUT2D eigenvalue weighted by Gasteiger charge is 2.04. The van der Waals surface area contributed by atoms with Crippen LogP contribution in [0.15, 0.2) is 34.7 Å². The number of ether oxygens (including phenoxy) is 1. The largest absolute Gasteiger partial charge is 0.494 e. The minimum absolute atomic E-state index is 0.239. The number of hydrogen-bond donors (Lipinski definition) is 1. The molecular weight excluding hydrogens is 336 g/mol. The molecule has 17 heavy (non-hydrogen) atoms. The van der Waals surface area contributed by atoms with Crippen molar-refractivity contribution in [2.45, 2.75) is 6.54 Å². The molecule has 0 saturated carbocycles. The zero-order chi connectivity index (χ0) is 12.3. The van der Waals surface area contributed by atoms with E-state index in [9.17, 15) is 4.39 Å². The van der Waals surface area contributed by atoms with Crippen LogP contribution < -0.4 is 10.1 Å². The van der Waals surface area contributed by atoms with Crippen molar-refractivity contribution < 1.29 is 13.5 Å². The van der Waals surface area contributed by atoms with Gasteiger partial charge in [-0.3, -0.25) is 0 Å². The summed E-state index contributed by atoms with van der Waals surface area (Å²) in [6.07, 6.45) is 0. The molecule has 90 valence electrons. The fraction of sp³-hybridized carbons (Fsp3) is 0.167. The van der Waals surface area contributed by atoms with E-state index in [1.54, 1.807) is 12.1 Å². The molecule has 0 saturated heterocycles. The first kappa shape index (κ1) is 12.2. The minimum atomic E-state index is -0.383. The van der Waals surface area contributed by atoms with Crippen molar-refractivity contribution in [1.82, 2.24) is 0 Å². The average molecular weight is 347 g/mol. The van der Waals surface area contributed by atoms with Crippen molar-refractivity contribution >= 4 is 28.3 Å². The summed E-state index contributed by atoms with van der Waals surface area (Å²) < 4.78 is 24.5. The van der Waals surface area contributed by atoms with Gasteiger partial charge in [-0.1, -0.05) is 0 Å². The Morgan fingerprint density at radius 1 is 1.35 bits per heavy atom. The second kappa shape index (κ2) is 5.39. The molecule has 0 amide bonds. The highest BCUT2D eigenvalue weighted by Crippen LogP contribution is 2.21. The zero-order valence-electron chi connectivity index (χ0n) is 9.17. The number of benzene rings is 1. The maximum absolute atomic E-state index is 13.4. The summed E-state index contributed by atoms with van der Waals surface area (Å²) in [5, 5.41) is 3.07. The van der Waals surface area contributed by atoms with Crippen LogP contribution in [0.2, 0.25) is 0 Å². The van der Waals surface area contributed by atoms with E-state index < -0.39 is 0 Å². The Balaban J connectivity index is 2.02. The first-order chi connectivity index (χ1) is 8.19. The second-order valence-electron chi connectivity index (χ2n) is 3.41. The van der Waals surface area contributed by atoms with Gasteiger partial charge >= 0.3 is 0 Å². The van der Waals surface area contributed by atoms with Gasteiger partial charge in [0.15, 0.2) is 15.3 Å². The molecule has 1 aromatic heterocycles. The van der Waals surface area contributed by atoms with Crippen LogP contribution in [0, 0.1) is 9.58 Å². The smallest absolute Gasteiger partial charge is 0.167 e. The number of anilines is 1. The number of furan rings is 1. The first-order valence-corrected chi connectivity index (χ1v) is 6.08. The van der Waals surface area contributed by atoms with Gasteiger partial charge in [0, 0.05) is 11.8 Å². The van der Waals surface area contributed by atoms with Crippen LogP contribution in [0.3, 0.4) is 0 Å². The van der Waals surface area contributed by atoms with E-state index in [-0.39, 0.29) is 11.6 Å². The number of halogens is 2. The Morgan fingerprint density at radius 2 is 2.18 bits per heavy atom. The predicted molar refractivity (Wildman–Crippen MR) is 71.7 cm³/mol. The maximum Gasteiger partial charge on any atom is 0.167 e. The molecule has 5 heteroatoms. The SMILES string of the molecule is COc1ccc(NCc2ccc(I)o2)cc1F. The lowest BCUT2D eigenvalue weighted by Gasteiger charge is -2.06. The summed E-state index contributed by atoms with van der Waals surface area (Å²) in [6, 6.07) is 8.51. The highest BCUT2D eigenvalue weighted by atomic mass is 127. The predicted octanol–water partition coefficient (Wildman–Crippen LogP) is 3.64. The molecule has 1 aromatic carbocycles. The van der Waals surface area contributed by atoms with Gasteiger partial charge in [-0.15, -0.1) is 0 Å². The monoisotopic (exact) mass is 347 g/mol. The molecule has 0 bridgehead atoms. The minimum Gasteiger partial charge on any atom is -0.494 e. The molecule has 0 radical (unpaired) electrons. The molecule has 0 atom stereocenters. The van der Waals surface area contributed by atoms with E-state index in [1.165, 1.54) is 13.2 Å². The Bertz CT molecular complexity index is 513. The molecule has 0 aliphatic heterocycles. The third-order valence-corrected chi connectivity index (χ3v) is 2.83. The van der Waals surface area contributed by atoms with E-state index in [2.05, 4.69) is 27.9 Å². The lowest BCUT2D eigenvalue weighted by molar-refractivity contribution is 0.386. The topological polar surface area (TPSA) is 34.4 Å². The molecule has 3 nitrogen and oxygen atoms in total. The number of nitrogens with one attached hydrogen (secondary N) is 1. The Labute approximate surface area is 112 Å². The molecule has 0 unspecified atom stereocenters. The summed E-state index contributed by atoms with van der Waals surface area (Å²) in [5.41, 5.74) is 0.690. The van der Waals surface area contributed by atoms with Crippen molar-refractivity contribution in [1.29, 1.82) is 0 Å². The van der Waals surface area contributed by atoms with Gasteiger partial charge in [0.1, 0.15) is 5.76 Å². The number of rotatable bonds is 4. The lowest BCUT2D eigenvalue weighted by Crippen LogP contribution is -1.99. The molecule has 0 aliphatic carbocycles. The maximum atomic E-state index is 13.4. The van der Waals surface area contributed by atoms with Crippen LogP contribution in [0.1, 0.15) is 5.76 Å². The Hall–Kier alpha value is -1.24. The average Bonchev–Trinajstić information content (AvgIpc) is 2.73. The van der Waals surface area contributed by atoms with Gasteiger partial charge in [-0.25, -0.2) is 4.39 Å². The molecule has 2 rings (SSSR count). The van der Waals surface area contributed by atoms with Gasteiger partial charge in [0.05, 0.1) is 13.7 Å². The third kappa shape index (κ3) is 3.12. The van der Waals surface area contributed by atoms with Crippen LogP contribution in [0.4, 0.5) is 10.1 Å². The van der Waals surface area contributed by atoms with E-state index in [1.807, 2.05) is 12.1 Å². The molecule has 0 spiro atoms. The molecule has 1 N–H and O–H groups in total. The molecule has 0 aliphatic rings. The summed E-state index contributed by atoms with van der Waals surface area (Å²) in [6.45, 7) is 0.523. The van der Waals surface area contributed by atoms with Crippen LogP contribution in [-0.4, -0.2) is 7.11 Å². The summed E-state index contributed by atoms with van der Waals surface area (Å²) in [5.74, 6) is 0.667. The van der Waals surface area contributed by atoms with Crippen molar-refractivity contribution in [2.24, 2.45) is 0 Å². The van der Waals surface area contributed by atoms with E-state index in [0.29, 0.717) is 12.2 Å². The van der Waals surface area contributed by atoms with Crippen molar-refractivity contribution in [3.8, 4) is 5.75 Å². The normalized spacial score (nSPS) is 10.3. The van der Waals surface area contributed by atoms with Gasteiger partial charge in [-0.2, -0.15) is 0 Å². The third-order valence-electron chi connectivity index (χ3n) is 2.25. The second-order valence-corrected chi connectivity index (χ2v) is 4.47.